The second-order valence-electron chi connectivity index (χ2n) is 6.60. The fourth-order valence-electron chi connectivity index (χ4n) is 2.78. The molecular weight excluding hydrogens is 284 g/mol. The average molecular weight is 306 g/mol. The molecule has 22 heavy (non-hydrogen) atoms. The second kappa shape index (κ2) is 5.94. The molecule has 0 saturated carbocycles. The lowest BCUT2D eigenvalue weighted by atomic mass is 9.88. The van der Waals surface area contributed by atoms with Crippen molar-refractivity contribution in [2.24, 2.45) is 0 Å². The number of hydrogen-bond donors (Lipinski definition) is 1. The number of hydrogen-bond acceptors (Lipinski definition) is 4. The van der Waals surface area contributed by atoms with Gasteiger partial charge in [-0.3, -0.25) is 9.88 Å². The monoisotopic (exact) mass is 306 g/mol. The summed E-state index contributed by atoms with van der Waals surface area (Å²) < 4.78 is 5.38. The number of carboxylic acid groups (broad SMARTS) is 1. The van der Waals surface area contributed by atoms with Crippen molar-refractivity contribution in [1.82, 2.24) is 9.88 Å². The summed E-state index contributed by atoms with van der Waals surface area (Å²) >= 11 is 0. The highest BCUT2D eigenvalue weighted by Gasteiger charge is 2.51. The first kappa shape index (κ1) is 16.3. The molecule has 1 aromatic heterocycles. The predicted octanol–water partition coefficient (Wildman–Crippen LogP) is 2.48. The van der Waals surface area contributed by atoms with E-state index in [0.29, 0.717) is 19.4 Å². The molecule has 1 aliphatic rings. The minimum absolute atomic E-state index is 0.254. The van der Waals surface area contributed by atoms with Crippen LogP contribution in [0.2, 0.25) is 0 Å². The summed E-state index contributed by atoms with van der Waals surface area (Å²) in [6, 6.07) is 3.55. The summed E-state index contributed by atoms with van der Waals surface area (Å²) in [7, 11) is 0. The Morgan fingerprint density at radius 1 is 1.36 bits per heavy atom. The van der Waals surface area contributed by atoms with Gasteiger partial charge in [-0.2, -0.15) is 0 Å². The fraction of sp³-hybridized carbons (Fsp3) is 0.562. The molecule has 0 radical (unpaired) electrons. The molecule has 0 unspecified atom stereocenters. The quantitative estimate of drug-likeness (QED) is 0.928. The number of likely N-dealkylation sites (tertiary alicyclic amines) is 1. The maximum Gasteiger partial charge on any atom is 0.411 e. The van der Waals surface area contributed by atoms with E-state index in [2.05, 4.69) is 4.98 Å². The molecule has 0 spiro atoms. The molecule has 6 heteroatoms. The standard InChI is InChI=1S/C16H22N2O4/c1-15(2,3)22-14(21)18-10-4-7-16(18,13(19)20)11-12-5-8-17-9-6-12/h5-6,8-9H,4,7,10-11H2,1-3H3,(H,19,20)/t16-/m0/s1. The van der Waals surface area contributed by atoms with Gasteiger partial charge in [0.2, 0.25) is 0 Å². The Morgan fingerprint density at radius 3 is 2.55 bits per heavy atom. The van der Waals surface area contributed by atoms with Gasteiger partial charge in [0.25, 0.3) is 0 Å². The van der Waals surface area contributed by atoms with Crippen LogP contribution in [0.15, 0.2) is 24.5 Å². The number of rotatable bonds is 3. The van der Waals surface area contributed by atoms with Gasteiger partial charge >= 0.3 is 12.1 Å². The largest absolute Gasteiger partial charge is 0.479 e. The summed E-state index contributed by atoms with van der Waals surface area (Å²) in [5, 5.41) is 9.78. The molecule has 1 atom stereocenters. The van der Waals surface area contributed by atoms with E-state index in [1.165, 1.54) is 4.90 Å². The Morgan fingerprint density at radius 2 is 2.00 bits per heavy atom. The maximum absolute atomic E-state index is 12.4. The highest BCUT2D eigenvalue weighted by Crippen LogP contribution is 2.34. The van der Waals surface area contributed by atoms with Crippen molar-refractivity contribution in [2.45, 2.75) is 51.2 Å². The van der Waals surface area contributed by atoms with Crippen molar-refractivity contribution in [3.8, 4) is 0 Å². The summed E-state index contributed by atoms with van der Waals surface area (Å²) in [4.78, 5) is 29.6. The number of nitrogens with zero attached hydrogens (tertiary/aromatic N) is 2. The smallest absolute Gasteiger partial charge is 0.411 e. The van der Waals surface area contributed by atoms with Crippen LogP contribution in [0.1, 0.15) is 39.2 Å². The number of aromatic nitrogens is 1. The Bertz CT molecular complexity index is 553. The van der Waals surface area contributed by atoms with E-state index < -0.39 is 23.2 Å². The normalized spacial score (nSPS) is 21.7. The van der Waals surface area contributed by atoms with Gasteiger partial charge in [0.05, 0.1) is 0 Å². The van der Waals surface area contributed by atoms with Crippen molar-refractivity contribution < 1.29 is 19.4 Å². The Kier molecular flexibility index (Phi) is 4.39. The minimum atomic E-state index is -1.25. The summed E-state index contributed by atoms with van der Waals surface area (Å²) in [6.45, 7) is 5.71. The lowest BCUT2D eigenvalue weighted by Gasteiger charge is -2.36. The summed E-state index contributed by atoms with van der Waals surface area (Å²) in [5.41, 5.74) is -1.06. The molecule has 2 rings (SSSR count). The molecule has 1 saturated heterocycles. The molecule has 1 fully saturated rings. The number of carbonyl (C=O) groups excluding carboxylic acids is 1. The van der Waals surface area contributed by atoms with Crippen LogP contribution in [-0.2, 0) is 16.0 Å². The third-order valence-electron chi connectivity index (χ3n) is 3.75. The first-order valence-electron chi connectivity index (χ1n) is 7.37. The van der Waals surface area contributed by atoms with Crippen LogP contribution < -0.4 is 0 Å². The SMILES string of the molecule is CC(C)(C)OC(=O)N1CCC[C@]1(Cc1ccncc1)C(=O)O. The third kappa shape index (κ3) is 3.37. The number of pyridine rings is 1. The molecule has 120 valence electrons. The van der Waals surface area contributed by atoms with Crippen molar-refractivity contribution in [3.63, 3.8) is 0 Å². The number of amides is 1. The van der Waals surface area contributed by atoms with E-state index in [1.54, 1.807) is 45.3 Å². The molecule has 1 N–H and O–H groups in total. The van der Waals surface area contributed by atoms with Gasteiger partial charge < -0.3 is 9.84 Å². The number of carboxylic acids is 1. The zero-order chi connectivity index (χ0) is 16.4. The lowest BCUT2D eigenvalue weighted by molar-refractivity contribution is -0.149. The predicted molar refractivity (Wildman–Crippen MR) is 80.5 cm³/mol. The first-order valence-corrected chi connectivity index (χ1v) is 7.37. The van der Waals surface area contributed by atoms with E-state index in [9.17, 15) is 14.7 Å². The van der Waals surface area contributed by atoms with Gasteiger partial charge in [-0.15, -0.1) is 0 Å². The van der Waals surface area contributed by atoms with E-state index in [0.717, 1.165) is 5.56 Å². The van der Waals surface area contributed by atoms with Gasteiger partial charge in [0.15, 0.2) is 0 Å². The van der Waals surface area contributed by atoms with Crippen molar-refractivity contribution >= 4 is 12.1 Å². The zero-order valence-electron chi connectivity index (χ0n) is 13.2. The maximum atomic E-state index is 12.4. The van der Waals surface area contributed by atoms with Crippen LogP contribution in [0.5, 0.6) is 0 Å². The van der Waals surface area contributed by atoms with Crippen LogP contribution in [0.4, 0.5) is 4.79 Å². The summed E-state index contributed by atoms with van der Waals surface area (Å²) in [6.07, 6.45) is 4.00. The van der Waals surface area contributed by atoms with E-state index in [-0.39, 0.29) is 6.42 Å². The Labute approximate surface area is 130 Å². The molecule has 1 aliphatic heterocycles. The Balaban J connectivity index is 2.28. The second-order valence-corrected chi connectivity index (χ2v) is 6.60. The van der Waals surface area contributed by atoms with Gasteiger partial charge in [-0.05, 0) is 51.3 Å². The molecule has 1 aromatic rings. The third-order valence-corrected chi connectivity index (χ3v) is 3.75. The van der Waals surface area contributed by atoms with E-state index in [1.807, 2.05) is 0 Å². The number of carbonyl (C=O) groups is 2. The molecule has 0 bridgehead atoms. The van der Waals surface area contributed by atoms with Gasteiger partial charge in [0, 0.05) is 25.4 Å². The van der Waals surface area contributed by atoms with Crippen LogP contribution in [-0.4, -0.2) is 44.7 Å². The molecule has 0 aromatic carbocycles. The lowest BCUT2D eigenvalue weighted by Crippen LogP contribution is -2.55. The summed E-state index contributed by atoms with van der Waals surface area (Å²) in [5.74, 6) is -0.993. The van der Waals surface area contributed by atoms with Crippen LogP contribution >= 0.6 is 0 Å². The van der Waals surface area contributed by atoms with Gasteiger partial charge in [-0.25, -0.2) is 9.59 Å². The zero-order valence-corrected chi connectivity index (χ0v) is 13.2. The Hall–Kier alpha value is -2.11. The molecule has 0 aliphatic carbocycles. The van der Waals surface area contributed by atoms with Crippen LogP contribution in [0.25, 0.3) is 0 Å². The van der Waals surface area contributed by atoms with Gasteiger partial charge in [-0.1, -0.05) is 0 Å². The molecule has 2 heterocycles. The van der Waals surface area contributed by atoms with E-state index >= 15 is 0 Å². The van der Waals surface area contributed by atoms with Gasteiger partial charge in [0.1, 0.15) is 11.1 Å². The highest BCUT2D eigenvalue weighted by atomic mass is 16.6. The van der Waals surface area contributed by atoms with Crippen molar-refractivity contribution in [1.29, 1.82) is 0 Å². The topological polar surface area (TPSA) is 79.7 Å². The molecule has 1 amide bonds. The van der Waals surface area contributed by atoms with Crippen molar-refractivity contribution in [2.75, 3.05) is 6.54 Å². The van der Waals surface area contributed by atoms with Crippen LogP contribution in [0, 0.1) is 0 Å². The van der Waals surface area contributed by atoms with Crippen LogP contribution in [0.3, 0.4) is 0 Å². The number of ether oxygens (including phenoxy) is 1. The van der Waals surface area contributed by atoms with Crippen molar-refractivity contribution in [3.05, 3.63) is 30.1 Å². The average Bonchev–Trinajstić information content (AvgIpc) is 2.83. The molecule has 6 nitrogen and oxygen atoms in total. The highest BCUT2D eigenvalue weighted by molar-refractivity contribution is 5.85. The molecular formula is C16H22N2O4. The minimum Gasteiger partial charge on any atom is -0.479 e. The first-order chi connectivity index (χ1) is 10.2. The van der Waals surface area contributed by atoms with E-state index in [4.69, 9.17) is 4.74 Å². The number of aliphatic carboxylic acids is 1. The fourth-order valence-corrected chi connectivity index (χ4v) is 2.78.